The number of sulfonamides is 1. The van der Waals surface area contributed by atoms with Gasteiger partial charge in [0.1, 0.15) is 6.54 Å². The van der Waals surface area contributed by atoms with Crippen molar-refractivity contribution in [1.29, 1.82) is 0 Å². The zero-order valence-corrected chi connectivity index (χ0v) is 17.2. The Bertz CT molecular complexity index is 1030. The Morgan fingerprint density at radius 1 is 1.10 bits per heavy atom. The molecule has 1 atom stereocenters. The Hall–Kier alpha value is -3.13. The molecular weight excluding hydrogens is 388 g/mol. The predicted octanol–water partition coefficient (Wildman–Crippen LogP) is 2.52. The fraction of sp³-hybridized carbons (Fsp3) is 0.238. The maximum Gasteiger partial charge on any atom is 0.241 e. The first-order valence-corrected chi connectivity index (χ1v) is 11.0. The first-order valence-electron chi connectivity index (χ1n) is 9.19. The number of nitrogens with one attached hydrogen (secondary N) is 1. The molecule has 0 unspecified atom stereocenters. The summed E-state index contributed by atoms with van der Waals surface area (Å²) in [6, 6.07) is 18.0. The van der Waals surface area contributed by atoms with Crippen LogP contribution in [0.1, 0.15) is 17.2 Å². The maximum absolute atomic E-state index is 12.8. The highest BCUT2D eigenvalue weighted by Crippen LogP contribution is 2.19. The van der Waals surface area contributed by atoms with Gasteiger partial charge in [0.05, 0.1) is 24.5 Å². The van der Waals surface area contributed by atoms with Gasteiger partial charge in [-0.2, -0.15) is 5.10 Å². The van der Waals surface area contributed by atoms with Crippen molar-refractivity contribution in [3.63, 3.8) is 0 Å². The van der Waals surface area contributed by atoms with Crippen molar-refractivity contribution in [2.45, 2.75) is 19.5 Å². The lowest BCUT2D eigenvalue weighted by Gasteiger charge is -2.24. The average molecular weight is 413 g/mol. The third-order valence-electron chi connectivity index (χ3n) is 4.48. The first kappa shape index (κ1) is 20.6. The maximum atomic E-state index is 12.8. The van der Waals surface area contributed by atoms with Gasteiger partial charge < -0.3 is 5.32 Å². The molecule has 7 nitrogen and oxygen atoms in total. The van der Waals surface area contributed by atoms with Gasteiger partial charge in [0, 0.05) is 12.4 Å². The molecule has 0 spiro atoms. The summed E-state index contributed by atoms with van der Waals surface area (Å²) in [7, 11) is -3.62. The smallest absolute Gasteiger partial charge is 0.241 e. The van der Waals surface area contributed by atoms with E-state index in [1.54, 1.807) is 23.0 Å². The molecule has 8 heteroatoms. The molecule has 3 aromatic rings. The highest BCUT2D eigenvalue weighted by atomic mass is 32.2. The second kappa shape index (κ2) is 8.91. The number of hydrogen-bond donors (Lipinski definition) is 1. The van der Waals surface area contributed by atoms with E-state index in [2.05, 4.69) is 10.4 Å². The largest absolute Gasteiger partial charge is 0.346 e. The molecule has 1 N–H and O–H groups in total. The van der Waals surface area contributed by atoms with E-state index in [0.29, 0.717) is 12.2 Å². The van der Waals surface area contributed by atoms with Gasteiger partial charge in [-0.25, -0.2) is 8.42 Å². The molecule has 3 rings (SSSR count). The fourth-order valence-electron chi connectivity index (χ4n) is 3.00. The molecule has 0 saturated carbocycles. The summed E-state index contributed by atoms with van der Waals surface area (Å²) in [6.07, 6.45) is 4.59. The summed E-state index contributed by atoms with van der Waals surface area (Å²) in [5.41, 5.74) is 2.38. The van der Waals surface area contributed by atoms with Crippen LogP contribution in [0.15, 0.2) is 73.1 Å². The van der Waals surface area contributed by atoms with Crippen molar-refractivity contribution < 1.29 is 13.2 Å². The van der Waals surface area contributed by atoms with Crippen LogP contribution < -0.4 is 9.62 Å². The van der Waals surface area contributed by atoms with Gasteiger partial charge in [0.2, 0.25) is 15.9 Å². The Labute approximate surface area is 171 Å². The number of anilines is 1. The van der Waals surface area contributed by atoms with Crippen LogP contribution in [-0.4, -0.2) is 36.9 Å². The van der Waals surface area contributed by atoms with Crippen LogP contribution in [0.5, 0.6) is 0 Å². The summed E-state index contributed by atoms with van der Waals surface area (Å²) in [5.74, 6) is -0.392. The number of carbonyl (C=O) groups excluding carboxylic acids is 1. The summed E-state index contributed by atoms with van der Waals surface area (Å²) < 4.78 is 27.4. The highest BCUT2D eigenvalue weighted by Gasteiger charge is 2.23. The van der Waals surface area contributed by atoms with Crippen LogP contribution in [0.25, 0.3) is 0 Å². The number of amides is 1. The normalized spacial score (nSPS) is 12.3. The molecule has 152 valence electrons. The number of aromatic nitrogens is 2. The van der Waals surface area contributed by atoms with Gasteiger partial charge in [-0.15, -0.1) is 0 Å². The van der Waals surface area contributed by atoms with E-state index in [4.69, 9.17) is 0 Å². The van der Waals surface area contributed by atoms with E-state index >= 15 is 0 Å². The molecule has 1 heterocycles. The summed E-state index contributed by atoms with van der Waals surface area (Å²) in [4.78, 5) is 12.8. The van der Waals surface area contributed by atoms with Crippen molar-refractivity contribution in [2.24, 2.45) is 0 Å². The van der Waals surface area contributed by atoms with Gasteiger partial charge in [0.15, 0.2) is 0 Å². The standard InChI is InChI=1S/C21H24N4O3S/c1-17-9-11-19(12-10-17)25(29(2,27)28)16-21(26)23-20(15-24-14-6-13-22-24)18-7-4-3-5-8-18/h3-14,20H,15-16H2,1-2H3,(H,23,26)/t20-/m0/s1. The van der Waals surface area contributed by atoms with E-state index in [0.717, 1.165) is 21.7 Å². The number of benzene rings is 2. The molecule has 0 bridgehead atoms. The molecule has 0 radical (unpaired) electrons. The van der Waals surface area contributed by atoms with E-state index in [1.165, 1.54) is 0 Å². The van der Waals surface area contributed by atoms with Crippen LogP contribution in [0, 0.1) is 6.92 Å². The van der Waals surface area contributed by atoms with Crippen molar-refractivity contribution in [3.8, 4) is 0 Å². The van der Waals surface area contributed by atoms with Gasteiger partial charge in [-0.05, 0) is 30.7 Å². The quantitative estimate of drug-likeness (QED) is 0.616. The molecule has 0 aliphatic heterocycles. The predicted molar refractivity (Wildman–Crippen MR) is 113 cm³/mol. The fourth-order valence-corrected chi connectivity index (χ4v) is 3.85. The highest BCUT2D eigenvalue weighted by molar-refractivity contribution is 7.92. The zero-order valence-electron chi connectivity index (χ0n) is 16.4. The van der Waals surface area contributed by atoms with Gasteiger partial charge in [0.25, 0.3) is 0 Å². The Morgan fingerprint density at radius 2 is 1.79 bits per heavy atom. The third kappa shape index (κ3) is 5.68. The Morgan fingerprint density at radius 3 is 2.38 bits per heavy atom. The second-order valence-corrected chi connectivity index (χ2v) is 8.77. The average Bonchev–Trinajstić information content (AvgIpc) is 3.19. The van der Waals surface area contributed by atoms with Crippen LogP contribution >= 0.6 is 0 Å². The minimum atomic E-state index is -3.62. The monoisotopic (exact) mass is 412 g/mol. The van der Waals surface area contributed by atoms with E-state index in [-0.39, 0.29) is 12.6 Å². The van der Waals surface area contributed by atoms with E-state index < -0.39 is 15.9 Å². The topological polar surface area (TPSA) is 84.3 Å². The molecule has 0 saturated heterocycles. The summed E-state index contributed by atoms with van der Waals surface area (Å²) in [5, 5.41) is 7.15. The lowest BCUT2D eigenvalue weighted by Crippen LogP contribution is -2.42. The third-order valence-corrected chi connectivity index (χ3v) is 5.62. The molecule has 0 aliphatic carbocycles. The van der Waals surface area contributed by atoms with Crippen LogP contribution in [0.4, 0.5) is 5.69 Å². The first-order chi connectivity index (χ1) is 13.8. The molecule has 0 aliphatic rings. The Balaban J connectivity index is 1.79. The van der Waals surface area contributed by atoms with E-state index in [9.17, 15) is 13.2 Å². The summed E-state index contributed by atoms with van der Waals surface area (Å²) in [6.45, 7) is 2.05. The number of hydrogen-bond acceptors (Lipinski definition) is 4. The Kier molecular flexibility index (Phi) is 6.33. The number of rotatable bonds is 8. The molecule has 2 aromatic carbocycles. The molecular formula is C21H24N4O3S. The lowest BCUT2D eigenvalue weighted by molar-refractivity contribution is -0.120. The SMILES string of the molecule is Cc1ccc(N(CC(=O)N[C@@H](Cn2cccn2)c2ccccc2)S(C)(=O)=O)cc1. The number of carbonyl (C=O) groups is 1. The van der Waals surface area contributed by atoms with Crippen molar-refractivity contribution in [2.75, 3.05) is 17.1 Å². The number of aryl methyl sites for hydroxylation is 1. The number of nitrogens with zero attached hydrogens (tertiary/aromatic N) is 3. The van der Waals surface area contributed by atoms with Crippen LogP contribution in [0.3, 0.4) is 0 Å². The van der Waals surface area contributed by atoms with Crippen LogP contribution in [-0.2, 0) is 21.4 Å². The molecule has 0 fully saturated rings. The molecule has 29 heavy (non-hydrogen) atoms. The van der Waals surface area contributed by atoms with Gasteiger partial charge in [-0.3, -0.25) is 13.8 Å². The minimum absolute atomic E-state index is 0.301. The zero-order chi connectivity index (χ0) is 20.9. The van der Waals surface area contributed by atoms with Crippen molar-refractivity contribution in [1.82, 2.24) is 15.1 Å². The molecule has 1 aromatic heterocycles. The van der Waals surface area contributed by atoms with Crippen molar-refractivity contribution >= 4 is 21.6 Å². The van der Waals surface area contributed by atoms with Crippen LogP contribution in [0.2, 0.25) is 0 Å². The van der Waals surface area contributed by atoms with E-state index in [1.807, 2.05) is 61.7 Å². The van der Waals surface area contributed by atoms with Crippen molar-refractivity contribution in [3.05, 3.63) is 84.2 Å². The molecule has 1 amide bonds. The minimum Gasteiger partial charge on any atom is -0.346 e. The van der Waals surface area contributed by atoms with Gasteiger partial charge >= 0.3 is 0 Å². The van der Waals surface area contributed by atoms with Gasteiger partial charge in [-0.1, -0.05) is 48.0 Å². The summed E-state index contributed by atoms with van der Waals surface area (Å²) >= 11 is 0. The lowest BCUT2D eigenvalue weighted by atomic mass is 10.1. The second-order valence-electron chi connectivity index (χ2n) is 6.86.